The van der Waals surface area contributed by atoms with Gasteiger partial charge in [-0.1, -0.05) is 6.08 Å². The molecule has 5 nitrogen and oxygen atoms in total. The van der Waals surface area contributed by atoms with Gasteiger partial charge in [-0.2, -0.15) is 0 Å². The van der Waals surface area contributed by atoms with Crippen LogP contribution < -0.4 is 5.73 Å². The predicted octanol–water partition coefficient (Wildman–Crippen LogP) is 4.03. The number of nitrogens with two attached hydrogens (primary N) is 1. The van der Waals surface area contributed by atoms with Crippen molar-refractivity contribution in [3.05, 3.63) is 47.6 Å². The topological polar surface area (TPSA) is 88.0 Å². The van der Waals surface area contributed by atoms with Gasteiger partial charge >= 0.3 is 0 Å². The number of thiophene rings is 1. The minimum atomic E-state index is 0.574. The first-order valence-electron chi connectivity index (χ1n) is 7.03. The number of aliphatic imine (C=N–C) groups is 1. The molecule has 0 saturated carbocycles. The summed E-state index contributed by atoms with van der Waals surface area (Å²) >= 11 is 1.64. The van der Waals surface area contributed by atoms with Crippen molar-refractivity contribution in [2.45, 2.75) is 6.92 Å². The zero-order chi connectivity index (χ0) is 16.2. The second-order valence-electron chi connectivity index (χ2n) is 4.76. The summed E-state index contributed by atoms with van der Waals surface area (Å²) in [6.45, 7) is 1.90. The monoisotopic (exact) mass is 321 g/mol. The fourth-order valence-corrected chi connectivity index (χ4v) is 3.19. The maximum Gasteiger partial charge on any atom is 0.153 e. The molecule has 3 aromatic rings. The Bertz CT molecular complexity index is 906. The third kappa shape index (κ3) is 2.89. The second kappa shape index (κ2) is 6.50. The van der Waals surface area contributed by atoms with Gasteiger partial charge in [-0.05, 0) is 31.2 Å². The predicted molar refractivity (Wildman–Crippen MR) is 97.6 cm³/mol. The van der Waals surface area contributed by atoms with E-state index in [1.54, 1.807) is 17.5 Å². The maximum atomic E-state index is 7.48. The van der Waals surface area contributed by atoms with Gasteiger partial charge in [0.2, 0.25) is 0 Å². The molecule has 3 N–H and O–H groups in total. The minimum Gasteiger partial charge on any atom is -0.390 e. The Morgan fingerprint density at radius 1 is 1.30 bits per heavy atom. The molecule has 114 valence electrons. The number of hydrogen-bond donors (Lipinski definition) is 2. The number of hydrogen-bond acceptors (Lipinski definition) is 5. The van der Waals surface area contributed by atoms with Gasteiger partial charge in [-0.25, -0.2) is 15.0 Å². The molecule has 6 heteroatoms. The first-order valence-corrected chi connectivity index (χ1v) is 7.91. The lowest BCUT2D eigenvalue weighted by atomic mass is 10.1. The number of aromatic nitrogens is 2. The summed E-state index contributed by atoms with van der Waals surface area (Å²) in [5, 5.41) is 9.56. The normalized spacial score (nSPS) is 12.1. The Kier molecular flexibility index (Phi) is 4.25. The fourth-order valence-electron chi connectivity index (χ4n) is 2.28. The molecule has 0 radical (unpaired) electrons. The Hall–Kier alpha value is -2.86. The lowest BCUT2D eigenvalue weighted by Gasteiger charge is -2.03. The quantitative estimate of drug-likeness (QED) is 0.561. The van der Waals surface area contributed by atoms with Gasteiger partial charge in [-0.3, -0.25) is 0 Å². The van der Waals surface area contributed by atoms with E-state index in [4.69, 9.17) is 16.1 Å². The SMILES string of the molecule is C/C=C(\C=N)c1ccc2scc(-c3ccc(N=CN)nc3)c2n1. The molecule has 3 heterocycles. The van der Waals surface area contributed by atoms with Crippen LogP contribution >= 0.6 is 11.3 Å². The molecular weight excluding hydrogens is 306 g/mol. The summed E-state index contributed by atoms with van der Waals surface area (Å²) in [5.74, 6) is 0.574. The van der Waals surface area contributed by atoms with Gasteiger partial charge in [0.05, 0.1) is 22.2 Å². The Morgan fingerprint density at radius 2 is 2.17 bits per heavy atom. The van der Waals surface area contributed by atoms with Crippen LogP contribution in [0.3, 0.4) is 0 Å². The van der Waals surface area contributed by atoms with Gasteiger partial charge in [0.25, 0.3) is 0 Å². The molecule has 3 aromatic heterocycles. The first kappa shape index (κ1) is 15.1. The molecule has 23 heavy (non-hydrogen) atoms. The third-order valence-corrected chi connectivity index (χ3v) is 4.38. The van der Waals surface area contributed by atoms with E-state index in [1.165, 1.54) is 12.6 Å². The van der Waals surface area contributed by atoms with Crippen LogP contribution in [-0.4, -0.2) is 22.5 Å². The van der Waals surface area contributed by atoms with Crippen LogP contribution in [0.5, 0.6) is 0 Å². The van der Waals surface area contributed by atoms with E-state index in [1.807, 2.05) is 37.3 Å². The minimum absolute atomic E-state index is 0.574. The van der Waals surface area contributed by atoms with Gasteiger partial charge in [0, 0.05) is 34.5 Å². The van der Waals surface area contributed by atoms with Gasteiger partial charge in [0.1, 0.15) is 0 Å². The highest BCUT2D eigenvalue weighted by molar-refractivity contribution is 7.17. The van der Waals surface area contributed by atoms with E-state index in [9.17, 15) is 0 Å². The van der Waals surface area contributed by atoms with Crippen LogP contribution in [0.2, 0.25) is 0 Å². The van der Waals surface area contributed by atoms with Crippen molar-refractivity contribution in [3.63, 3.8) is 0 Å². The van der Waals surface area contributed by atoms with Crippen molar-refractivity contribution in [1.29, 1.82) is 5.41 Å². The maximum absolute atomic E-state index is 7.48. The van der Waals surface area contributed by atoms with Crippen molar-refractivity contribution in [2.75, 3.05) is 0 Å². The van der Waals surface area contributed by atoms with E-state index in [0.717, 1.165) is 32.6 Å². The van der Waals surface area contributed by atoms with E-state index in [0.29, 0.717) is 5.82 Å². The number of pyridine rings is 2. The van der Waals surface area contributed by atoms with Crippen LogP contribution in [0.1, 0.15) is 12.6 Å². The van der Waals surface area contributed by atoms with Gasteiger partial charge < -0.3 is 11.1 Å². The number of nitrogens with zero attached hydrogens (tertiary/aromatic N) is 3. The molecule has 0 fully saturated rings. The Balaban J connectivity index is 2.10. The second-order valence-corrected chi connectivity index (χ2v) is 5.68. The standard InChI is InChI=1S/C17H15N5S/c1-2-11(7-18)14-4-5-15-17(22-14)13(9-23-15)12-3-6-16(20-8-12)21-10-19/h2-10,18H,1H3,(H2,19,20,21)/b11-2+,18-7?. The number of rotatable bonds is 4. The zero-order valence-electron chi connectivity index (χ0n) is 12.5. The smallest absolute Gasteiger partial charge is 0.153 e. The molecular formula is C17H15N5S. The summed E-state index contributed by atoms with van der Waals surface area (Å²) in [5.41, 5.74) is 9.81. The summed E-state index contributed by atoms with van der Waals surface area (Å²) in [6, 6.07) is 7.76. The van der Waals surface area contributed by atoms with E-state index in [2.05, 4.69) is 15.4 Å². The largest absolute Gasteiger partial charge is 0.390 e. The Labute approximate surface area is 137 Å². The summed E-state index contributed by atoms with van der Waals surface area (Å²) < 4.78 is 1.10. The molecule has 0 aliphatic heterocycles. The molecule has 0 unspecified atom stereocenters. The molecule has 0 aliphatic rings. The highest BCUT2D eigenvalue weighted by Crippen LogP contribution is 2.33. The van der Waals surface area contributed by atoms with E-state index >= 15 is 0 Å². The van der Waals surface area contributed by atoms with Crippen LogP contribution in [0.15, 0.2) is 46.9 Å². The van der Waals surface area contributed by atoms with Crippen molar-refractivity contribution in [1.82, 2.24) is 9.97 Å². The summed E-state index contributed by atoms with van der Waals surface area (Å²) in [7, 11) is 0. The molecule has 0 atom stereocenters. The van der Waals surface area contributed by atoms with E-state index < -0.39 is 0 Å². The van der Waals surface area contributed by atoms with Crippen LogP contribution in [0, 0.1) is 5.41 Å². The van der Waals surface area contributed by atoms with Crippen molar-refractivity contribution < 1.29 is 0 Å². The van der Waals surface area contributed by atoms with E-state index in [-0.39, 0.29) is 0 Å². The zero-order valence-corrected chi connectivity index (χ0v) is 13.3. The van der Waals surface area contributed by atoms with Gasteiger partial charge in [0.15, 0.2) is 5.82 Å². The van der Waals surface area contributed by atoms with Crippen molar-refractivity contribution in [3.8, 4) is 11.1 Å². The molecule has 0 spiro atoms. The molecule has 3 rings (SSSR count). The fraction of sp³-hybridized carbons (Fsp3) is 0.0588. The van der Waals surface area contributed by atoms with Crippen LogP contribution in [0.25, 0.3) is 26.9 Å². The highest BCUT2D eigenvalue weighted by atomic mass is 32.1. The average molecular weight is 321 g/mol. The highest BCUT2D eigenvalue weighted by Gasteiger charge is 2.10. The van der Waals surface area contributed by atoms with Crippen LogP contribution in [-0.2, 0) is 0 Å². The molecule has 0 aliphatic carbocycles. The Morgan fingerprint density at radius 3 is 2.83 bits per heavy atom. The third-order valence-electron chi connectivity index (χ3n) is 3.45. The molecule has 0 amide bonds. The lowest BCUT2D eigenvalue weighted by molar-refractivity contribution is 1.28. The van der Waals surface area contributed by atoms with Crippen molar-refractivity contribution >= 4 is 45.5 Å². The summed E-state index contributed by atoms with van der Waals surface area (Å²) in [6.07, 6.45) is 6.20. The van der Waals surface area contributed by atoms with Gasteiger partial charge in [-0.15, -0.1) is 11.3 Å². The summed E-state index contributed by atoms with van der Waals surface area (Å²) in [4.78, 5) is 12.9. The number of nitrogens with one attached hydrogen (secondary N) is 1. The lowest BCUT2D eigenvalue weighted by Crippen LogP contribution is -1.90. The first-order chi connectivity index (χ1) is 11.3. The molecule has 0 aromatic carbocycles. The van der Waals surface area contributed by atoms with Crippen molar-refractivity contribution in [2.24, 2.45) is 10.7 Å². The molecule has 0 saturated heterocycles. The average Bonchev–Trinajstić information content (AvgIpc) is 3.00. The number of fused-ring (bicyclic) bond motifs is 1. The van der Waals surface area contributed by atoms with Crippen LogP contribution in [0.4, 0.5) is 5.82 Å². The number of allylic oxidation sites excluding steroid dienone is 2. The molecule has 0 bridgehead atoms.